The van der Waals surface area contributed by atoms with E-state index in [1.807, 2.05) is 0 Å². The zero-order valence-corrected chi connectivity index (χ0v) is 11.6. The van der Waals surface area contributed by atoms with Gasteiger partial charge in [-0.1, -0.05) is 13.3 Å². The van der Waals surface area contributed by atoms with Crippen molar-refractivity contribution in [2.24, 2.45) is 17.6 Å². The molecule has 2 N–H and O–H groups in total. The highest BCUT2D eigenvalue weighted by molar-refractivity contribution is 5.79. The summed E-state index contributed by atoms with van der Waals surface area (Å²) >= 11 is 0. The normalized spacial score (nSPS) is 30.4. The minimum atomic E-state index is 0.250. The second-order valence-corrected chi connectivity index (χ2v) is 5.72. The van der Waals surface area contributed by atoms with Crippen molar-refractivity contribution in [1.29, 1.82) is 0 Å². The first-order chi connectivity index (χ1) is 8.74. The predicted octanol–water partition coefficient (Wildman–Crippen LogP) is 0.916. The van der Waals surface area contributed by atoms with Crippen LogP contribution in [0.15, 0.2) is 0 Å². The monoisotopic (exact) mass is 253 g/mol. The molecule has 0 aromatic carbocycles. The topological polar surface area (TPSA) is 49.6 Å². The maximum atomic E-state index is 12.5. The minimum absolute atomic E-state index is 0.250. The van der Waals surface area contributed by atoms with Gasteiger partial charge in [-0.25, -0.2) is 0 Å². The van der Waals surface area contributed by atoms with Crippen LogP contribution in [0.4, 0.5) is 0 Å². The summed E-state index contributed by atoms with van der Waals surface area (Å²) in [5.74, 6) is 1.22. The van der Waals surface area contributed by atoms with Crippen LogP contribution < -0.4 is 5.73 Å². The molecule has 2 unspecified atom stereocenters. The molecule has 0 spiro atoms. The number of piperazine rings is 1. The Kier molecular flexibility index (Phi) is 5.01. The lowest BCUT2D eigenvalue weighted by Gasteiger charge is -2.37. The quantitative estimate of drug-likeness (QED) is 0.813. The Labute approximate surface area is 110 Å². The first-order valence-electron chi connectivity index (χ1n) is 7.45. The summed E-state index contributed by atoms with van der Waals surface area (Å²) in [4.78, 5) is 17.0. The Morgan fingerprint density at radius 2 is 1.94 bits per heavy atom. The number of hydrogen-bond donors (Lipinski definition) is 1. The summed E-state index contributed by atoms with van der Waals surface area (Å²) in [5.41, 5.74) is 5.75. The Hall–Kier alpha value is -0.610. The van der Waals surface area contributed by atoms with Gasteiger partial charge in [0.1, 0.15) is 0 Å². The van der Waals surface area contributed by atoms with Gasteiger partial charge in [0, 0.05) is 32.1 Å². The fourth-order valence-electron chi connectivity index (χ4n) is 3.27. The first kappa shape index (κ1) is 13.8. The van der Waals surface area contributed by atoms with Crippen LogP contribution in [-0.2, 0) is 4.79 Å². The molecule has 2 fully saturated rings. The molecule has 18 heavy (non-hydrogen) atoms. The zero-order valence-electron chi connectivity index (χ0n) is 11.6. The van der Waals surface area contributed by atoms with Crippen molar-refractivity contribution in [3.8, 4) is 0 Å². The summed E-state index contributed by atoms with van der Waals surface area (Å²) in [6.07, 6.45) is 4.48. The van der Waals surface area contributed by atoms with Crippen molar-refractivity contribution in [3.63, 3.8) is 0 Å². The van der Waals surface area contributed by atoms with Crippen LogP contribution >= 0.6 is 0 Å². The van der Waals surface area contributed by atoms with Gasteiger partial charge in [0.2, 0.25) is 5.91 Å². The van der Waals surface area contributed by atoms with Crippen LogP contribution in [0.25, 0.3) is 0 Å². The van der Waals surface area contributed by atoms with E-state index in [9.17, 15) is 4.79 Å². The molecule has 1 aliphatic heterocycles. The minimum Gasteiger partial charge on any atom is -0.340 e. The second-order valence-electron chi connectivity index (χ2n) is 5.72. The smallest absolute Gasteiger partial charge is 0.225 e. The summed E-state index contributed by atoms with van der Waals surface area (Å²) in [5, 5.41) is 0. The maximum absolute atomic E-state index is 12.5. The summed E-state index contributed by atoms with van der Waals surface area (Å²) in [7, 11) is 0. The fraction of sp³-hybridized carbons (Fsp3) is 0.929. The van der Waals surface area contributed by atoms with E-state index in [1.165, 1.54) is 12.8 Å². The van der Waals surface area contributed by atoms with Gasteiger partial charge >= 0.3 is 0 Å². The molecule has 0 aromatic heterocycles. The molecule has 1 aliphatic carbocycles. The SMILES string of the molecule is CCN1CCN(C(=O)C2CCCC(CN)C2)CC1. The van der Waals surface area contributed by atoms with Crippen molar-refractivity contribution < 1.29 is 4.79 Å². The largest absolute Gasteiger partial charge is 0.340 e. The van der Waals surface area contributed by atoms with E-state index in [0.29, 0.717) is 11.8 Å². The number of hydrogen-bond acceptors (Lipinski definition) is 3. The molecule has 0 aromatic rings. The van der Waals surface area contributed by atoms with E-state index in [4.69, 9.17) is 5.73 Å². The highest BCUT2D eigenvalue weighted by Crippen LogP contribution is 2.29. The van der Waals surface area contributed by atoms with Gasteiger partial charge in [-0.15, -0.1) is 0 Å². The highest BCUT2D eigenvalue weighted by Gasteiger charge is 2.31. The lowest BCUT2D eigenvalue weighted by Crippen LogP contribution is -2.50. The van der Waals surface area contributed by atoms with Crippen molar-refractivity contribution in [1.82, 2.24) is 9.80 Å². The van der Waals surface area contributed by atoms with E-state index in [0.717, 1.165) is 52.1 Å². The van der Waals surface area contributed by atoms with E-state index in [2.05, 4.69) is 16.7 Å². The Balaban J connectivity index is 1.83. The standard InChI is InChI=1S/C14H27N3O/c1-2-16-6-8-17(9-7-16)14(18)13-5-3-4-12(10-13)11-15/h12-13H,2-11,15H2,1H3. The van der Waals surface area contributed by atoms with Crippen LogP contribution in [-0.4, -0.2) is 55.0 Å². The van der Waals surface area contributed by atoms with Crippen molar-refractivity contribution in [2.75, 3.05) is 39.3 Å². The second kappa shape index (κ2) is 6.53. The van der Waals surface area contributed by atoms with E-state index >= 15 is 0 Å². The molecule has 1 saturated heterocycles. The number of carbonyl (C=O) groups excluding carboxylic acids is 1. The number of likely N-dealkylation sites (N-methyl/N-ethyl adjacent to an activating group) is 1. The molecule has 104 valence electrons. The van der Waals surface area contributed by atoms with Crippen LogP contribution in [0.5, 0.6) is 0 Å². The lowest BCUT2D eigenvalue weighted by molar-refractivity contribution is -0.138. The average Bonchev–Trinajstić information content (AvgIpc) is 2.46. The molecule has 2 rings (SSSR count). The van der Waals surface area contributed by atoms with Gasteiger partial charge in [0.15, 0.2) is 0 Å². The third-order valence-corrected chi connectivity index (χ3v) is 4.60. The van der Waals surface area contributed by atoms with E-state index in [1.54, 1.807) is 0 Å². The third-order valence-electron chi connectivity index (χ3n) is 4.60. The molecule has 0 radical (unpaired) electrons. The van der Waals surface area contributed by atoms with Gasteiger partial charge in [-0.05, 0) is 38.3 Å². The number of nitrogens with zero attached hydrogens (tertiary/aromatic N) is 2. The molecule has 1 heterocycles. The molecule has 1 saturated carbocycles. The molecule has 2 aliphatic rings. The number of amides is 1. The number of carbonyl (C=O) groups is 1. The van der Waals surface area contributed by atoms with Gasteiger partial charge in [-0.2, -0.15) is 0 Å². The first-order valence-corrected chi connectivity index (χ1v) is 7.45. The molecule has 4 nitrogen and oxygen atoms in total. The van der Waals surface area contributed by atoms with Crippen LogP contribution in [0, 0.1) is 11.8 Å². The Morgan fingerprint density at radius 1 is 1.22 bits per heavy atom. The molecule has 1 amide bonds. The molecular formula is C14H27N3O. The van der Waals surface area contributed by atoms with E-state index in [-0.39, 0.29) is 5.92 Å². The highest BCUT2D eigenvalue weighted by atomic mass is 16.2. The van der Waals surface area contributed by atoms with Gasteiger partial charge in [0.05, 0.1) is 0 Å². The summed E-state index contributed by atoms with van der Waals surface area (Å²) in [6.45, 7) is 7.93. The van der Waals surface area contributed by atoms with Gasteiger partial charge < -0.3 is 15.5 Å². The molecule has 0 bridgehead atoms. The van der Waals surface area contributed by atoms with Crippen molar-refractivity contribution in [2.45, 2.75) is 32.6 Å². The van der Waals surface area contributed by atoms with Gasteiger partial charge in [0.25, 0.3) is 0 Å². The van der Waals surface area contributed by atoms with Crippen molar-refractivity contribution in [3.05, 3.63) is 0 Å². The summed E-state index contributed by atoms with van der Waals surface area (Å²) < 4.78 is 0. The number of rotatable bonds is 3. The molecular weight excluding hydrogens is 226 g/mol. The molecule has 4 heteroatoms. The maximum Gasteiger partial charge on any atom is 0.225 e. The third kappa shape index (κ3) is 3.23. The predicted molar refractivity (Wildman–Crippen MR) is 73.2 cm³/mol. The zero-order chi connectivity index (χ0) is 13.0. The van der Waals surface area contributed by atoms with Crippen LogP contribution in [0.2, 0.25) is 0 Å². The Morgan fingerprint density at radius 3 is 2.56 bits per heavy atom. The summed E-state index contributed by atoms with van der Waals surface area (Å²) in [6, 6.07) is 0. The van der Waals surface area contributed by atoms with Crippen molar-refractivity contribution >= 4 is 5.91 Å². The lowest BCUT2D eigenvalue weighted by atomic mass is 9.80. The van der Waals surface area contributed by atoms with E-state index < -0.39 is 0 Å². The number of nitrogens with two attached hydrogens (primary N) is 1. The fourth-order valence-corrected chi connectivity index (χ4v) is 3.27. The van der Waals surface area contributed by atoms with Crippen LogP contribution in [0.1, 0.15) is 32.6 Å². The van der Waals surface area contributed by atoms with Crippen LogP contribution in [0.3, 0.4) is 0 Å². The molecule has 2 atom stereocenters. The van der Waals surface area contributed by atoms with Gasteiger partial charge in [-0.3, -0.25) is 4.79 Å². The average molecular weight is 253 g/mol. The Bertz CT molecular complexity index is 274.